The summed E-state index contributed by atoms with van der Waals surface area (Å²) in [6, 6.07) is 11.4. The summed E-state index contributed by atoms with van der Waals surface area (Å²) in [6.45, 7) is 7.63. The van der Waals surface area contributed by atoms with Crippen molar-refractivity contribution in [3.63, 3.8) is 0 Å². The van der Waals surface area contributed by atoms with E-state index in [4.69, 9.17) is 0 Å². The Kier molecular flexibility index (Phi) is 3.64. The minimum absolute atomic E-state index is 0.540. The van der Waals surface area contributed by atoms with Crippen LogP contribution in [0.3, 0.4) is 0 Å². The minimum Gasteiger partial charge on any atom is -0.368 e. The molecule has 118 valence electrons. The molecule has 2 aliphatic rings. The number of hydrogen-bond acceptors (Lipinski definition) is 5. The van der Waals surface area contributed by atoms with Gasteiger partial charge in [-0.05, 0) is 31.2 Å². The number of pyridine rings is 1. The fraction of sp³-hybridized carbons (Fsp3) is 0.444. The van der Waals surface area contributed by atoms with Crippen LogP contribution in [-0.2, 0) is 0 Å². The molecule has 2 aliphatic heterocycles. The van der Waals surface area contributed by atoms with Crippen molar-refractivity contribution in [2.45, 2.75) is 19.0 Å². The summed E-state index contributed by atoms with van der Waals surface area (Å²) in [6.07, 6.45) is 1.76. The zero-order valence-electron chi connectivity index (χ0n) is 13.4. The van der Waals surface area contributed by atoms with Gasteiger partial charge >= 0.3 is 0 Å². The van der Waals surface area contributed by atoms with E-state index in [2.05, 4.69) is 45.2 Å². The van der Waals surface area contributed by atoms with Crippen LogP contribution < -0.4 is 10.2 Å². The Morgan fingerprint density at radius 2 is 2.22 bits per heavy atom. The molecule has 23 heavy (non-hydrogen) atoms. The first-order valence-corrected chi connectivity index (χ1v) is 8.27. The molecule has 1 N–H and O–H groups in total. The van der Waals surface area contributed by atoms with E-state index in [9.17, 15) is 5.26 Å². The largest absolute Gasteiger partial charge is 0.368 e. The van der Waals surface area contributed by atoms with Crippen LogP contribution in [0.15, 0.2) is 30.5 Å². The fourth-order valence-corrected chi connectivity index (χ4v) is 4.00. The van der Waals surface area contributed by atoms with Crippen LogP contribution in [0, 0.1) is 11.3 Å². The van der Waals surface area contributed by atoms with E-state index in [-0.39, 0.29) is 0 Å². The highest BCUT2D eigenvalue weighted by Gasteiger charge is 2.34. The van der Waals surface area contributed by atoms with E-state index >= 15 is 0 Å². The van der Waals surface area contributed by atoms with Crippen molar-refractivity contribution in [1.29, 1.82) is 5.26 Å². The molecule has 2 atom stereocenters. The standard InChI is InChI=1S/C18H21N5/c1-13-11-22(12-15-10-20-7-8-23(13)15)17-5-4-14(9-19)18-16(17)3-2-6-21-18/h2-6,13,15,20H,7-8,10-12H2,1H3/t13-,15+/m0/s1. The molecular formula is C18H21N5. The third kappa shape index (κ3) is 2.44. The van der Waals surface area contributed by atoms with Gasteiger partial charge in [-0.25, -0.2) is 0 Å². The monoisotopic (exact) mass is 307 g/mol. The molecular weight excluding hydrogens is 286 g/mol. The zero-order valence-corrected chi connectivity index (χ0v) is 13.4. The number of nitriles is 1. The number of benzene rings is 1. The van der Waals surface area contributed by atoms with Gasteiger partial charge in [0.25, 0.3) is 0 Å². The predicted octanol–water partition coefficient (Wildman–Crippen LogP) is 1.59. The van der Waals surface area contributed by atoms with Crippen LogP contribution in [0.2, 0.25) is 0 Å². The number of nitrogens with zero attached hydrogens (tertiary/aromatic N) is 4. The van der Waals surface area contributed by atoms with E-state index in [0.29, 0.717) is 17.6 Å². The fourth-order valence-electron chi connectivity index (χ4n) is 4.00. The topological polar surface area (TPSA) is 55.2 Å². The molecule has 2 saturated heterocycles. The molecule has 2 aromatic rings. The van der Waals surface area contributed by atoms with Crippen LogP contribution in [0.25, 0.3) is 10.9 Å². The first kappa shape index (κ1) is 14.4. The van der Waals surface area contributed by atoms with Crippen LogP contribution in [0.4, 0.5) is 5.69 Å². The maximum absolute atomic E-state index is 9.31. The van der Waals surface area contributed by atoms with Gasteiger partial charge in [0.2, 0.25) is 0 Å². The predicted molar refractivity (Wildman–Crippen MR) is 91.5 cm³/mol. The van der Waals surface area contributed by atoms with E-state index in [1.54, 1.807) is 6.20 Å². The van der Waals surface area contributed by atoms with Gasteiger partial charge in [0.1, 0.15) is 6.07 Å². The SMILES string of the molecule is C[C@H]1CN(c2ccc(C#N)c3ncccc23)C[C@H]2CNCCN21. The van der Waals surface area contributed by atoms with E-state index in [1.807, 2.05) is 12.1 Å². The first-order valence-electron chi connectivity index (χ1n) is 8.27. The second-order valence-corrected chi connectivity index (χ2v) is 6.49. The van der Waals surface area contributed by atoms with E-state index < -0.39 is 0 Å². The van der Waals surface area contributed by atoms with Crippen LogP contribution >= 0.6 is 0 Å². The Bertz CT molecular complexity index is 766. The highest BCUT2D eigenvalue weighted by Crippen LogP contribution is 2.31. The number of fused-ring (bicyclic) bond motifs is 2. The third-order valence-corrected chi connectivity index (χ3v) is 5.09. The lowest BCUT2D eigenvalue weighted by molar-refractivity contribution is 0.0971. The van der Waals surface area contributed by atoms with Gasteiger partial charge in [0.15, 0.2) is 0 Å². The summed E-state index contributed by atoms with van der Waals surface area (Å²) in [7, 11) is 0. The van der Waals surface area contributed by atoms with Crippen molar-refractivity contribution in [3.05, 3.63) is 36.0 Å². The van der Waals surface area contributed by atoms with Crippen molar-refractivity contribution in [2.75, 3.05) is 37.6 Å². The first-order chi connectivity index (χ1) is 11.3. The molecule has 1 aromatic heterocycles. The van der Waals surface area contributed by atoms with E-state index in [0.717, 1.165) is 43.6 Å². The molecule has 0 aliphatic carbocycles. The molecule has 1 aromatic carbocycles. The van der Waals surface area contributed by atoms with E-state index in [1.165, 1.54) is 5.69 Å². The van der Waals surface area contributed by atoms with Gasteiger partial charge in [-0.1, -0.05) is 0 Å². The summed E-state index contributed by atoms with van der Waals surface area (Å²) in [5, 5.41) is 13.9. The van der Waals surface area contributed by atoms with Crippen LogP contribution in [-0.4, -0.2) is 54.7 Å². The Labute approximate surface area is 136 Å². The van der Waals surface area contributed by atoms with Crippen LogP contribution in [0.5, 0.6) is 0 Å². The van der Waals surface area contributed by atoms with Gasteiger partial charge in [0.05, 0.1) is 11.1 Å². The quantitative estimate of drug-likeness (QED) is 0.867. The average Bonchev–Trinajstić information content (AvgIpc) is 2.60. The van der Waals surface area contributed by atoms with Crippen molar-refractivity contribution in [3.8, 4) is 6.07 Å². The molecule has 0 saturated carbocycles. The minimum atomic E-state index is 0.540. The maximum Gasteiger partial charge on any atom is 0.101 e. The molecule has 0 amide bonds. The molecule has 0 spiro atoms. The van der Waals surface area contributed by atoms with Gasteiger partial charge in [-0.2, -0.15) is 5.26 Å². The van der Waals surface area contributed by atoms with Gasteiger partial charge in [-0.3, -0.25) is 9.88 Å². The van der Waals surface area contributed by atoms with Crippen molar-refractivity contribution in [1.82, 2.24) is 15.2 Å². The van der Waals surface area contributed by atoms with Gasteiger partial charge in [0, 0.05) is 62.1 Å². The molecule has 5 heteroatoms. The second kappa shape index (κ2) is 5.80. The molecule has 0 bridgehead atoms. The molecule has 3 heterocycles. The highest BCUT2D eigenvalue weighted by atomic mass is 15.3. The molecule has 4 rings (SSSR count). The average molecular weight is 307 g/mol. The number of anilines is 1. The number of piperazine rings is 2. The smallest absolute Gasteiger partial charge is 0.101 e. The maximum atomic E-state index is 9.31. The second-order valence-electron chi connectivity index (χ2n) is 6.49. The Hall–Kier alpha value is -2.16. The van der Waals surface area contributed by atoms with Gasteiger partial charge in [-0.15, -0.1) is 0 Å². The summed E-state index contributed by atoms with van der Waals surface area (Å²) >= 11 is 0. The van der Waals surface area contributed by atoms with Crippen molar-refractivity contribution < 1.29 is 0 Å². The lowest BCUT2D eigenvalue weighted by atomic mass is 10.0. The Balaban J connectivity index is 1.74. The summed E-state index contributed by atoms with van der Waals surface area (Å²) in [4.78, 5) is 9.52. The van der Waals surface area contributed by atoms with Crippen molar-refractivity contribution in [2.24, 2.45) is 0 Å². The normalized spacial score (nSPS) is 25.1. The highest BCUT2D eigenvalue weighted by molar-refractivity contribution is 5.95. The van der Waals surface area contributed by atoms with Crippen molar-refractivity contribution >= 4 is 16.6 Å². The zero-order chi connectivity index (χ0) is 15.8. The molecule has 5 nitrogen and oxygen atoms in total. The number of aromatic nitrogens is 1. The lowest BCUT2D eigenvalue weighted by Crippen LogP contribution is -2.64. The summed E-state index contributed by atoms with van der Waals surface area (Å²) in [5.74, 6) is 0. The number of hydrogen-bond donors (Lipinski definition) is 1. The summed E-state index contributed by atoms with van der Waals surface area (Å²) in [5.41, 5.74) is 2.66. The third-order valence-electron chi connectivity index (χ3n) is 5.09. The lowest BCUT2D eigenvalue weighted by Gasteiger charge is -2.49. The van der Waals surface area contributed by atoms with Crippen LogP contribution in [0.1, 0.15) is 12.5 Å². The molecule has 0 unspecified atom stereocenters. The number of nitrogens with one attached hydrogen (secondary N) is 1. The molecule has 2 fully saturated rings. The summed E-state index contributed by atoms with van der Waals surface area (Å²) < 4.78 is 0. The number of rotatable bonds is 1. The molecule has 0 radical (unpaired) electrons. The van der Waals surface area contributed by atoms with Gasteiger partial charge < -0.3 is 10.2 Å². The Morgan fingerprint density at radius 3 is 3.09 bits per heavy atom. The Morgan fingerprint density at radius 1 is 1.30 bits per heavy atom.